The van der Waals surface area contributed by atoms with Crippen LogP contribution in [0.4, 0.5) is 11.5 Å². The molecule has 1 fully saturated rings. The lowest BCUT2D eigenvalue weighted by molar-refractivity contribution is -0.138. The van der Waals surface area contributed by atoms with Gasteiger partial charge in [0.15, 0.2) is 6.10 Å². The van der Waals surface area contributed by atoms with E-state index in [9.17, 15) is 13.2 Å². The topological polar surface area (TPSA) is 105 Å². The van der Waals surface area contributed by atoms with Crippen molar-refractivity contribution in [2.24, 2.45) is 0 Å². The number of piperazine rings is 1. The van der Waals surface area contributed by atoms with Crippen LogP contribution in [-0.4, -0.2) is 61.5 Å². The lowest BCUT2D eigenvalue weighted by atomic mass is 10.2. The first-order chi connectivity index (χ1) is 16.7. The van der Waals surface area contributed by atoms with Gasteiger partial charge in [-0.25, -0.2) is 18.4 Å². The molecule has 35 heavy (non-hydrogen) atoms. The molecule has 12 heteroatoms. The number of hydrogen-bond acceptors (Lipinski definition) is 7. The van der Waals surface area contributed by atoms with Gasteiger partial charge in [0.25, 0.3) is 15.9 Å². The molecule has 4 rings (SSSR count). The summed E-state index contributed by atoms with van der Waals surface area (Å²) in [7, 11) is -3.77. The Balaban J connectivity index is 0.00000361. The lowest BCUT2D eigenvalue weighted by Gasteiger charge is -2.37. The molecule has 1 saturated heterocycles. The zero-order valence-electron chi connectivity index (χ0n) is 18.8. The number of carbonyl (C=O) groups excluding carboxylic acids is 1. The van der Waals surface area contributed by atoms with Crippen molar-refractivity contribution in [2.75, 3.05) is 35.8 Å². The van der Waals surface area contributed by atoms with E-state index >= 15 is 0 Å². The van der Waals surface area contributed by atoms with Crippen molar-refractivity contribution in [3.63, 3.8) is 0 Å². The second kappa shape index (κ2) is 10.7. The Morgan fingerprint density at radius 1 is 1.09 bits per heavy atom. The number of aromatic nitrogens is 2. The Kier molecular flexibility index (Phi) is 7.63. The van der Waals surface area contributed by atoms with Gasteiger partial charge in [-0.1, -0.05) is 29.3 Å². The molecule has 1 aromatic heterocycles. The lowest BCUT2D eigenvalue weighted by Crippen LogP contribution is -2.52. The highest BCUT2D eigenvalue weighted by atomic mass is 35.5. The molecule has 1 amide bonds. The van der Waals surface area contributed by atoms with E-state index in [4.69, 9.17) is 27.9 Å². The number of anilines is 2. The van der Waals surface area contributed by atoms with Crippen LogP contribution < -0.4 is 14.4 Å². The highest BCUT2D eigenvalue weighted by molar-refractivity contribution is 7.92. The number of sulfonamides is 1. The minimum absolute atomic E-state index is 0. The van der Waals surface area contributed by atoms with Crippen LogP contribution in [0.2, 0.25) is 10.0 Å². The number of hydrogen-bond donors (Lipinski definition) is 1. The summed E-state index contributed by atoms with van der Waals surface area (Å²) in [5.74, 6) is 0.418. The maximum Gasteiger partial charge on any atom is 0.263 e. The van der Waals surface area contributed by atoms with Gasteiger partial charge >= 0.3 is 0 Å². The van der Waals surface area contributed by atoms with Crippen LogP contribution in [0.15, 0.2) is 66.0 Å². The molecule has 0 radical (unpaired) electrons. The molecule has 2 aromatic carbocycles. The fourth-order valence-corrected chi connectivity index (χ4v) is 4.99. The largest absolute Gasteiger partial charge is 0.479 e. The normalized spacial score (nSPS) is 14.9. The van der Waals surface area contributed by atoms with Crippen molar-refractivity contribution >= 4 is 50.6 Å². The summed E-state index contributed by atoms with van der Waals surface area (Å²) in [6.45, 7) is 3.89. The molecule has 1 N–H and O–H groups in total. The molecule has 9 nitrogen and oxygen atoms in total. The summed E-state index contributed by atoms with van der Waals surface area (Å²) in [6, 6.07) is 13.1. The Hall–Kier alpha value is -3.08. The summed E-state index contributed by atoms with van der Waals surface area (Å²) in [6.07, 6.45) is 2.01. The smallest absolute Gasteiger partial charge is 0.263 e. The third kappa shape index (κ3) is 5.95. The Morgan fingerprint density at radius 3 is 2.46 bits per heavy atom. The van der Waals surface area contributed by atoms with E-state index in [1.54, 1.807) is 54.3 Å². The maximum absolute atomic E-state index is 12.9. The van der Waals surface area contributed by atoms with Crippen molar-refractivity contribution in [1.29, 1.82) is 0 Å². The van der Waals surface area contributed by atoms with Gasteiger partial charge in [0.2, 0.25) is 0 Å². The monoisotopic (exact) mass is 537 g/mol. The van der Waals surface area contributed by atoms with E-state index in [1.165, 1.54) is 18.6 Å². The van der Waals surface area contributed by atoms with Gasteiger partial charge in [-0.2, -0.15) is 0 Å². The number of amides is 1. The van der Waals surface area contributed by atoms with Gasteiger partial charge in [0.1, 0.15) is 22.9 Å². The number of nitrogens with zero attached hydrogens (tertiary/aromatic N) is 4. The first-order valence-corrected chi connectivity index (χ1v) is 13.0. The van der Waals surface area contributed by atoms with Crippen molar-refractivity contribution in [1.82, 2.24) is 14.9 Å². The molecule has 3 aromatic rings. The van der Waals surface area contributed by atoms with Crippen LogP contribution in [0.3, 0.4) is 0 Å². The standard InChI is InChI=1S/C23H23Cl2N5O4S.H2/c1-16(34-20-4-2-3-19(24)22(20)25)23(31)30-13-11-29(12-14-30)17-5-7-18(8-6-17)35(32,33)28-21-9-10-26-15-27-21;/h2-10,15-16H,11-14H2,1H3,(H,26,27,28);1H. The van der Waals surface area contributed by atoms with Gasteiger partial charge in [0, 0.05) is 39.5 Å². The van der Waals surface area contributed by atoms with E-state index in [2.05, 4.69) is 19.6 Å². The zero-order valence-corrected chi connectivity index (χ0v) is 21.1. The van der Waals surface area contributed by atoms with Gasteiger partial charge < -0.3 is 14.5 Å². The first kappa shape index (κ1) is 25.0. The van der Waals surface area contributed by atoms with Gasteiger partial charge in [0.05, 0.1) is 9.92 Å². The van der Waals surface area contributed by atoms with Gasteiger partial charge in [-0.3, -0.25) is 9.52 Å². The third-order valence-corrected chi connectivity index (χ3v) is 7.66. The van der Waals surface area contributed by atoms with Crippen LogP contribution in [0.1, 0.15) is 8.35 Å². The van der Waals surface area contributed by atoms with Crippen molar-refractivity contribution < 1.29 is 19.4 Å². The van der Waals surface area contributed by atoms with Crippen LogP contribution in [-0.2, 0) is 14.8 Å². The van der Waals surface area contributed by atoms with Crippen molar-refractivity contribution in [3.05, 3.63) is 71.1 Å². The molecule has 1 aliphatic heterocycles. The average molecular weight is 538 g/mol. The van der Waals surface area contributed by atoms with E-state index in [1.807, 2.05) is 0 Å². The molecule has 2 heterocycles. The van der Waals surface area contributed by atoms with Crippen LogP contribution in [0.5, 0.6) is 5.75 Å². The summed E-state index contributed by atoms with van der Waals surface area (Å²) in [4.78, 5) is 24.5. The third-order valence-electron chi connectivity index (χ3n) is 5.49. The predicted octanol–water partition coefficient (Wildman–Crippen LogP) is 3.95. The van der Waals surface area contributed by atoms with Gasteiger partial charge in [-0.15, -0.1) is 0 Å². The number of benzene rings is 2. The summed E-state index contributed by atoms with van der Waals surface area (Å²) < 4.78 is 33.3. The Labute approximate surface area is 215 Å². The molecule has 0 spiro atoms. The fourth-order valence-electron chi connectivity index (χ4n) is 3.64. The predicted molar refractivity (Wildman–Crippen MR) is 137 cm³/mol. The molecule has 1 atom stereocenters. The highest BCUT2D eigenvalue weighted by Gasteiger charge is 2.27. The molecule has 1 unspecified atom stereocenters. The van der Waals surface area contributed by atoms with E-state index in [0.717, 1.165) is 5.69 Å². The minimum Gasteiger partial charge on any atom is -0.479 e. The second-order valence-electron chi connectivity index (χ2n) is 7.82. The molecular weight excluding hydrogens is 513 g/mol. The number of carbonyl (C=O) groups is 1. The Morgan fingerprint density at radius 2 is 1.80 bits per heavy atom. The van der Waals surface area contributed by atoms with Crippen LogP contribution in [0.25, 0.3) is 0 Å². The summed E-state index contributed by atoms with van der Waals surface area (Å²) in [5, 5.41) is 0.636. The van der Waals surface area contributed by atoms with E-state index < -0.39 is 16.1 Å². The van der Waals surface area contributed by atoms with Crippen LogP contribution in [0, 0.1) is 0 Å². The van der Waals surface area contributed by atoms with E-state index in [0.29, 0.717) is 37.0 Å². The van der Waals surface area contributed by atoms with Crippen molar-refractivity contribution in [2.45, 2.75) is 17.9 Å². The molecule has 186 valence electrons. The maximum atomic E-state index is 12.9. The first-order valence-electron chi connectivity index (χ1n) is 10.8. The fraction of sp³-hybridized carbons (Fsp3) is 0.261. The molecule has 0 bridgehead atoms. The van der Waals surface area contributed by atoms with Crippen LogP contribution >= 0.6 is 23.2 Å². The summed E-state index contributed by atoms with van der Waals surface area (Å²) >= 11 is 12.2. The summed E-state index contributed by atoms with van der Waals surface area (Å²) in [5.41, 5.74) is 0.869. The van der Waals surface area contributed by atoms with E-state index in [-0.39, 0.29) is 23.1 Å². The SMILES string of the molecule is CC(Oc1cccc(Cl)c1Cl)C(=O)N1CCN(c2ccc(S(=O)(=O)Nc3ccncn3)cc2)CC1.[HH]. The van der Waals surface area contributed by atoms with Gasteiger partial charge in [-0.05, 0) is 49.4 Å². The molecular formula is C23H25Cl2N5O4S. The average Bonchev–Trinajstić information content (AvgIpc) is 2.87. The Bertz CT molecular complexity index is 1290. The quantitative estimate of drug-likeness (QED) is 0.486. The number of rotatable bonds is 7. The van der Waals surface area contributed by atoms with Crippen molar-refractivity contribution in [3.8, 4) is 5.75 Å². The molecule has 1 aliphatic rings. The number of ether oxygens (including phenoxy) is 1. The number of nitrogens with one attached hydrogen (secondary N) is 1. The molecule has 0 aliphatic carbocycles. The minimum atomic E-state index is -3.77. The number of halogens is 2. The molecule has 0 saturated carbocycles. The second-order valence-corrected chi connectivity index (χ2v) is 10.3. The zero-order chi connectivity index (χ0) is 25.0. The highest BCUT2D eigenvalue weighted by Crippen LogP contribution is 2.32.